The molecule has 1 saturated carbocycles. The average Bonchev–Trinajstić information content (AvgIpc) is 3.21. The summed E-state index contributed by atoms with van der Waals surface area (Å²) >= 11 is 0. The maximum Gasteiger partial charge on any atom is 0.322 e. The smallest absolute Gasteiger partial charge is 0.322 e. The zero-order valence-electron chi connectivity index (χ0n) is 11.7. The molecule has 0 spiro atoms. The van der Waals surface area contributed by atoms with Crippen molar-refractivity contribution in [1.29, 1.82) is 0 Å². The predicted molar refractivity (Wildman–Crippen MR) is 74.4 cm³/mol. The second-order valence-electron chi connectivity index (χ2n) is 5.30. The standard InChI is InChI=1S/C14H21N3O2/c1-10(2)9-17(12-5-6-12)14(18)16-11-4-7-13(19-3)15-8-11/h4,7-8,10,12H,5-6,9H2,1-3H3,(H,16,18). The molecule has 1 N–H and O–H groups in total. The third-order valence-corrected chi connectivity index (χ3v) is 3.01. The summed E-state index contributed by atoms with van der Waals surface area (Å²) in [7, 11) is 1.57. The molecule has 1 heterocycles. The summed E-state index contributed by atoms with van der Waals surface area (Å²) in [6, 6.07) is 3.90. The van der Waals surface area contributed by atoms with Crippen LogP contribution in [-0.4, -0.2) is 35.6 Å². The summed E-state index contributed by atoms with van der Waals surface area (Å²) in [6.45, 7) is 5.04. The Morgan fingerprint density at radius 2 is 2.26 bits per heavy atom. The van der Waals surface area contributed by atoms with Gasteiger partial charge in [0.2, 0.25) is 5.88 Å². The minimum atomic E-state index is -0.0387. The van der Waals surface area contributed by atoms with E-state index in [1.54, 1.807) is 25.4 Å². The molecule has 0 radical (unpaired) electrons. The largest absolute Gasteiger partial charge is 0.481 e. The lowest BCUT2D eigenvalue weighted by Crippen LogP contribution is -2.39. The monoisotopic (exact) mass is 263 g/mol. The first-order valence-corrected chi connectivity index (χ1v) is 6.68. The van der Waals surface area contributed by atoms with Crippen molar-refractivity contribution >= 4 is 11.7 Å². The highest BCUT2D eigenvalue weighted by Gasteiger charge is 2.32. The number of nitrogens with zero attached hydrogens (tertiary/aromatic N) is 2. The molecule has 1 aromatic heterocycles. The molecule has 0 bridgehead atoms. The molecule has 0 aliphatic heterocycles. The fourth-order valence-electron chi connectivity index (χ4n) is 1.95. The molecule has 5 heteroatoms. The van der Waals surface area contributed by atoms with E-state index in [4.69, 9.17) is 4.74 Å². The molecule has 1 aliphatic carbocycles. The molecule has 2 rings (SSSR count). The van der Waals surface area contributed by atoms with Gasteiger partial charge in [-0.05, 0) is 24.8 Å². The van der Waals surface area contributed by atoms with Gasteiger partial charge in [-0.15, -0.1) is 0 Å². The van der Waals surface area contributed by atoms with Gasteiger partial charge < -0.3 is 15.0 Å². The van der Waals surface area contributed by atoms with Crippen molar-refractivity contribution in [3.8, 4) is 5.88 Å². The number of hydrogen-bond acceptors (Lipinski definition) is 3. The number of carbonyl (C=O) groups is 1. The highest BCUT2D eigenvalue weighted by Crippen LogP contribution is 2.28. The number of aromatic nitrogens is 1. The van der Waals surface area contributed by atoms with Gasteiger partial charge in [0.25, 0.3) is 0 Å². The first kappa shape index (κ1) is 13.6. The lowest BCUT2D eigenvalue weighted by molar-refractivity contribution is 0.201. The summed E-state index contributed by atoms with van der Waals surface area (Å²) in [6.07, 6.45) is 3.83. The summed E-state index contributed by atoms with van der Waals surface area (Å²) < 4.78 is 4.99. The predicted octanol–water partition coefficient (Wildman–Crippen LogP) is 2.74. The van der Waals surface area contributed by atoms with Crippen LogP contribution < -0.4 is 10.1 Å². The van der Waals surface area contributed by atoms with E-state index in [0.29, 0.717) is 23.5 Å². The molecule has 0 atom stereocenters. The summed E-state index contributed by atoms with van der Waals surface area (Å²) in [5.74, 6) is 1.01. The van der Waals surface area contributed by atoms with Crippen LogP contribution in [0.15, 0.2) is 18.3 Å². The Bertz CT molecular complexity index is 427. The van der Waals surface area contributed by atoms with E-state index in [1.807, 2.05) is 4.90 Å². The quantitative estimate of drug-likeness (QED) is 0.888. The Kier molecular flexibility index (Phi) is 4.24. The maximum absolute atomic E-state index is 12.2. The first-order valence-electron chi connectivity index (χ1n) is 6.68. The molecule has 19 heavy (non-hydrogen) atoms. The van der Waals surface area contributed by atoms with Crippen LogP contribution in [0.4, 0.5) is 10.5 Å². The number of hydrogen-bond donors (Lipinski definition) is 1. The van der Waals surface area contributed by atoms with Gasteiger partial charge in [-0.25, -0.2) is 9.78 Å². The Morgan fingerprint density at radius 1 is 1.53 bits per heavy atom. The maximum atomic E-state index is 12.2. The molecule has 1 aromatic rings. The van der Waals surface area contributed by atoms with E-state index in [0.717, 1.165) is 19.4 Å². The van der Waals surface area contributed by atoms with Crippen molar-refractivity contribution in [2.75, 3.05) is 19.0 Å². The van der Waals surface area contributed by atoms with Crippen molar-refractivity contribution in [2.45, 2.75) is 32.7 Å². The average molecular weight is 263 g/mol. The van der Waals surface area contributed by atoms with Crippen LogP contribution in [0, 0.1) is 5.92 Å². The van der Waals surface area contributed by atoms with E-state index in [-0.39, 0.29) is 6.03 Å². The second kappa shape index (κ2) is 5.91. The minimum absolute atomic E-state index is 0.0387. The summed E-state index contributed by atoms with van der Waals surface area (Å²) in [5.41, 5.74) is 0.695. The van der Waals surface area contributed by atoms with E-state index in [2.05, 4.69) is 24.1 Å². The molecule has 0 saturated heterocycles. The normalized spacial score (nSPS) is 14.3. The third kappa shape index (κ3) is 3.84. The minimum Gasteiger partial charge on any atom is -0.481 e. The second-order valence-corrected chi connectivity index (χ2v) is 5.30. The molecule has 0 aromatic carbocycles. The number of rotatable bonds is 5. The molecule has 5 nitrogen and oxygen atoms in total. The van der Waals surface area contributed by atoms with Crippen LogP contribution in [0.3, 0.4) is 0 Å². The van der Waals surface area contributed by atoms with Crippen molar-refractivity contribution in [1.82, 2.24) is 9.88 Å². The van der Waals surface area contributed by atoms with Gasteiger partial charge in [0, 0.05) is 18.7 Å². The molecular weight excluding hydrogens is 242 g/mol. The van der Waals surface area contributed by atoms with E-state index in [9.17, 15) is 4.79 Å². The molecular formula is C14H21N3O2. The highest BCUT2D eigenvalue weighted by atomic mass is 16.5. The van der Waals surface area contributed by atoms with Gasteiger partial charge in [0.1, 0.15) is 0 Å². The van der Waals surface area contributed by atoms with Crippen LogP contribution in [0.1, 0.15) is 26.7 Å². The first-order chi connectivity index (χ1) is 9.10. The highest BCUT2D eigenvalue weighted by molar-refractivity contribution is 5.89. The Morgan fingerprint density at radius 3 is 2.74 bits per heavy atom. The van der Waals surface area contributed by atoms with E-state index in [1.165, 1.54) is 0 Å². The Balaban J connectivity index is 1.97. The van der Waals surface area contributed by atoms with Crippen LogP contribution in [0.25, 0.3) is 0 Å². The van der Waals surface area contributed by atoms with Gasteiger partial charge >= 0.3 is 6.03 Å². The van der Waals surface area contributed by atoms with Crippen LogP contribution in [0.5, 0.6) is 5.88 Å². The van der Waals surface area contributed by atoms with E-state index < -0.39 is 0 Å². The van der Waals surface area contributed by atoms with Crippen LogP contribution in [0.2, 0.25) is 0 Å². The van der Waals surface area contributed by atoms with Gasteiger partial charge in [-0.2, -0.15) is 0 Å². The fraction of sp³-hybridized carbons (Fsp3) is 0.571. The molecule has 0 unspecified atom stereocenters. The van der Waals surface area contributed by atoms with Crippen molar-refractivity contribution in [3.63, 3.8) is 0 Å². The van der Waals surface area contributed by atoms with Gasteiger partial charge in [-0.3, -0.25) is 0 Å². The number of carbonyl (C=O) groups excluding carboxylic acids is 1. The zero-order valence-corrected chi connectivity index (χ0v) is 11.7. The molecule has 2 amide bonds. The topological polar surface area (TPSA) is 54.5 Å². The summed E-state index contributed by atoms with van der Waals surface area (Å²) in [4.78, 5) is 18.2. The Hall–Kier alpha value is -1.78. The van der Waals surface area contributed by atoms with Gasteiger partial charge in [0.05, 0.1) is 19.0 Å². The third-order valence-electron chi connectivity index (χ3n) is 3.01. The number of methoxy groups -OCH3 is 1. The SMILES string of the molecule is COc1ccc(NC(=O)N(CC(C)C)C2CC2)cn1. The number of amides is 2. The van der Waals surface area contributed by atoms with Gasteiger partial charge in [0.15, 0.2) is 0 Å². The van der Waals surface area contributed by atoms with Gasteiger partial charge in [-0.1, -0.05) is 13.8 Å². The number of ether oxygens (including phenoxy) is 1. The lowest BCUT2D eigenvalue weighted by atomic mass is 10.2. The van der Waals surface area contributed by atoms with Crippen molar-refractivity contribution < 1.29 is 9.53 Å². The number of urea groups is 1. The van der Waals surface area contributed by atoms with Crippen LogP contribution in [-0.2, 0) is 0 Å². The Labute approximate surface area is 114 Å². The van der Waals surface area contributed by atoms with Crippen molar-refractivity contribution in [3.05, 3.63) is 18.3 Å². The van der Waals surface area contributed by atoms with Crippen LogP contribution >= 0.6 is 0 Å². The number of pyridine rings is 1. The molecule has 1 fully saturated rings. The van der Waals surface area contributed by atoms with E-state index >= 15 is 0 Å². The number of nitrogens with one attached hydrogen (secondary N) is 1. The fourth-order valence-corrected chi connectivity index (χ4v) is 1.95. The molecule has 104 valence electrons. The lowest BCUT2D eigenvalue weighted by Gasteiger charge is -2.24. The zero-order chi connectivity index (χ0) is 13.8. The number of anilines is 1. The van der Waals surface area contributed by atoms with Crippen molar-refractivity contribution in [2.24, 2.45) is 5.92 Å². The molecule has 1 aliphatic rings. The summed E-state index contributed by atoms with van der Waals surface area (Å²) in [5, 5.41) is 2.89.